The van der Waals surface area contributed by atoms with Crippen molar-refractivity contribution in [1.82, 2.24) is 10.3 Å². The fraction of sp³-hybridized carbons (Fsp3) is 0.412. The first kappa shape index (κ1) is 16.2. The molecule has 0 radical (unpaired) electrons. The van der Waals surface area contributed by atoms with Crippen molar-refractivity contribution in [2.24, 2.45) is 5.92 Å². The topological polar surface area (TPSA) is 51.2 Å². The number of nitrogens with zero attached hydrogens (tertiary/aromatic N) is 1. The number of amides is 1. The van der Waals surface area contributed by atoms with Gasteiger partial charge in [-0.1, -0.05) is 13.8 Å². The average molecular weight is 348 g/mol. The second kappa shape index (κ2) is 6.45. The number of rotatable bonds is 5. The summed E-state index contributed by atoms with van der Waals surface area (Å²) >= 11 is 3.31. The SMILES string of the molecule is Cc1nc2c(cc(OCC(=O)NC(C)C(C)C)c3ccsc32)s1. The number of ether oxygens (including phenoxy) is 1. The van der Waals surface area contributed by atoms with Gasteiger partial charge in [-0.05, 0) is 31.2 Å². The monoisotopic (exact) mass is 348 g/mol. The van der Waals surface area contributed by atoms with Crippen LogP contribution < -0.4 is 10.1 Å². The smallest absolute Gasteiger partial charge is 0.258 e. The molecule has 1 unspecified atom stereocenters. The third-order valence-electron chi connectivity index (χ3n) is 3.92. The van der Waals surface area contributed by atoms with Crippen molar-refractivity contribution in [1.29, 1.82) is 0 Å². The number of nitrogens with one attached hydrogen (secondary N) is 1. The van der Waals surface area contributed by atoms with E-state index in [4.69, 9.17) is 4.74 Å². The number of benzene rings is 1. The van der Waals surface area contributed by atoms with E-state index in [-0.39, 0.29) is 18.6 Å². The Hall–Kier alpha value is -1.66. The van der Waals surface area contributed by atoms with Crippen molar-refractivity contribution in [2.45, 2.75) is 33.7 Å². The lowest BCUT2D eigenvalue weighted by molar-refractivity contribution is -0.123. The molecule has 23 heavy (non-hydrogen) atoms. The lowest BCUT2D eigenvalue weighted by Gasteiger charge is -2.17. The van der Waals surface area contributed by atoms with Gasteiger partial charge in [0.15, 0.2) is 6.61 Å². The number of carbonyl (C=O) groups excluding carboxylic acids is 1. The second-order valence-corrected chi connectivity index (χ2v) is 8.16. The van der Waals surface area contributed by atoms with Gasteiger partial charge >= 0.3 is 0 Å². The molecule has 6 heteroatoms. The molecule has 3 rings (SSSR count). The Labute approximate surface area is 143 Å². The van der Waals surface area contributed by atoms with E-state index in [9.17, 15) is 4.79 Å². The lowest BCUT2D eigenvalue weighted by Crippen LogP contribution is -2.38. The standard InChI is InChI=1S/C17H20N2O2S2/c1-9(2)10(3)18-15(20)8-21-13-7-14-16(19-11(4)23-14)17-12(13)5-6-22-17/h5-7,9-10H,8H2,1-4H3,(H,18,20). The Morgan fingerprint density at radius 1 is 1.39 bits per heavy atom. The number of hydrogen-bond acceptors (Lipinski definition) is 5. The molecule has 1 aromatic carbocycles. The Morgan fingerprint density at radius 2 is 2.17 bits per heavy atom. The minimum absolute atomic E-state index is 0.0330. The van der Waals surface area contributed by atoms with E-state index >= 15 is 0 Å². The van der Waals surface area contributed by atoms with Crippen LogP contribution in [0.15, 0.2) is 17.5 Å². The third-order valence-corrected chi connectivity index (χ3v) is 5.75. The van der Waals surface area contributed by atoms with Crippen LogP contribution in [0.5, 0.6) is 5.75 Å². The summed E-state index contributed by atoms with van der Waals surface area (Å²) in [5, 5.41) is 7.06. The minimum atomic E-state index is -0.0878. The van der Waals surface area contributed by atoms with Crippen LogP contribution in [0.3, 0.4) is 0 Å². The number of aryl methyl sites for hydroxylation is 1. The lowest BCUT2D eigenvalue weighted by atomic mass is 10.1. The summed E-state index contributed by atoms with van der Waals surface area (Å²) in [7, 11) is 0. The van der Waals surface area contributed by atoms with Gasteiger partial charge in [0.2, 0.25) is 0 Å². The zero-order valence-corrected chi connectivity index (χ0v) is 15.3. The highest BCUT2D eigenvalue weighted by Gasteiger charge is 2.15. The zero-order chi connectivity index (χ0) is 16.6. The molecule has 0 aliphatic carbocycles. The van der Waals surface area contributed by atoms with Crippen LogP contribution in [0.1, 0.15) is 25.8 Å². The van der Waals surface area contributed by atoms with Crippen LogP contribution in [0, 0.1) is 12.8 Å². The second-order valence-electron chi connectivity index (χ2n) is 6.01. The predicted octanol–water partition coefficient (Wildman–Crippen LogP) is 4.36. The summed E-state index contributed by atoms with van der Waals surface area (Å²) in [4.78, 5) is 16.6. The van der Waals surface area contributed by atoms with Gasteiger partial charge in [0.1, 0.15) is 5.75 Å². The van der Waals surface area contributed by atoms with E-state index in [1.165, 1.54) is 0 Å². The van der Waals surface area contributed by atoms with Crippen LogP contribution in [0.2, 0.25) is 0 Å². The fourth-order valence-electron chi connectivity index (χ4n) is 2.31. The molecule has 2 aromatic heterocycles. The molecule has 1 atom stereocenters. The normalized spacial score (nSPS) is 12.9. The summed E-state index contributed by atoms with van der Waals surface area (Å²) in [6.45, 7) is 8.21. The maximum atomic E-state index is 12.0. The van der Waals surface area contributed by atoms with E-state index in [1.807, 2.05) is 31.4 Å². The van der Waals surface area contributed by atoms with E-state index in [0.29, 0.717) is 5.92 Å². The maximum absolute atomic E-state index is 12.0. The molecular formula is C17H20N2O2S2. The maximum Gasteiger partial charge on any atom is 0.258 e. The molecule has 1 amide bonds. The molecule has 1 N–H and O–H groups in total. The Kier molecular flexibility index (Phi) is 4.55. The van der Waals surface area contributed by atoms with Gasteiger partial charge in [-0.25, -0.2) is 4.98 Å². The molecule has 0 aliphatic rings. The van der Waals surface area contributed by atoms with Gasteiger partial charge in [0, 0.05) is 17.5 Å². The van der Waals surface area contributed by atoms with Crippen molar-refractivity contribution in [2.75, 3.05) is 6.61 Å². The van der Waals surface area contributed by atoms with Crippen molar-refractivity contribution in [3.8, 4) is 5.75 Å². The van der Waals surface area contributed by atoms with Gasteiger partial charge in [-0.15, -0.1) is 22.7 Å². The van der Waals surface area contributed by atoms with E-state index in [0.717, 1.165) is 31.1 Å². The molecule has 0 bridgehead atoms. The summed E-state index contributed by atoms with van der Waals surface area (Å²) in [6.07, 6.45) is 0. The van der Waals surface area contributed by atoms with Crippen molar-refractivity contribution in [3.05, 3.63) is 22.5 Å². The number of hydrogen-bond donors (Lipinski definition) is 1. The predicted molar refractivity (Wildman–Crippen MR) is 97.7 cm³/mol. The summed E-state index contributed by atoms with van der Waals surface area (Å²) < 4.78 is 8.03. The number of thiazole rings is 1. The first-order chi connectivity index (χ1) is 11.0. The third kappa shape index (κ3) is 3.33. The first-order valence-electron chi connectivity index (χ1n) is 7.65. The van der Waals surface area contributed by atoms with Crippen LogP contribution in [-0.4, -0.2) is 23.5 Å². The number of aromatic nitrogens is 1. The summed E-state index contributed by atoms with van der Waals surface area (Å²) in [5.41, 5.74) is 1.03. The Morgan fingerprint density at radius 3 is 2.91 bits per heavy atom. The molecule has 4 nitrogen and oxygen atoms in total. The molecule has 122 valence electrons. The van der Waals surface area contributed by atoms with Crippen molar-refractivity contribution in [3.63, 3.8) is 0 Å². The van der Waals surface area contributed by atoms with Crippen molar-refractivity contribution < 1.29 is 9.53 Å². The van der Waals surface area contributed by atoms with Gasteiger partial charge in [-0.3, -0.25) is 4.79 Å². The Bertz CT molecular complexity index is 851. The van der Waals surface area contributed by atoms with Crippen LogP contribution in [0.25, 0.3) is 20.3 Å². The highest BCUT2D eigenvalue weighted by Crippen LogP contribution is 2.38. The highest BCUT2D eigenvalue weighted by molar-refractivity contribution is 7.21. The number of carbonyl (C=O) groups is 1. The number of thiophene rings is 1. The fourth-order valence-corrected chi connectivity index (χ4v) is 4.14. The van der Waals surface area contributed by atoms with E-state index in [1.54, 1.807) is 22.7 Å². The Balaban J connectivity index is 1.82. The minimum Gasteiger partial charge on any atom is -0.483 e. The van der Waals surface area contributed by atoms with Crippen LogP contribution >= 0.6 is 22.7 Å². The molecule has 0 saturated heterocycles. The first-order valence-corrected chi connectivity index (χ1v) is 9.35. The summed E-state index contributed by atoms with van der Waals surface area (Å²) in [6, 6.07) is 4.16. The zero-order valence-electron chi connectivity index (χ0n) is 13.7. The highest BCUT2D eigenvalue weighted by atomic mass is 32.1. The van der Waals surface area contributed by atoms with E-state index < -0.39 is 0 Å². The molecule has 2 heterocycles. The molecule has 0 fully saturated rings. The molecule has 0 spiro atoms. The quantitative estimate of drug-likeness (QED) is 0.745. The summed E-state index contributed by atoms with van der Waals surface area (Å²) in [5.74, 6) is 1.07. The molecular weight excluding hydrogens is 328 g/mol. The number of fused-ring (bicyclic) bond motifs is 3. The molecule has 3 aromatic rings. The van der Waals surface area contributed by atoms with Crippen molar-refractivity contribution >= 4 is 48.9 Å². The largest absolute Gasteiger partial charge is 0.483 e. The molecule has 0 saturated carbocycles. The van der Waals surface area contributed by atoms with Gasteiger partial charge in [0.05, 0.1) is 19.9 Å². The van der Waals surface area contributed by atoms with E-state index in [2.05, 4.69) is 24.1 Å². The van der Waals surface area contributed by atoms with Crippen LogP contribution in [-0.2, 0) is 4.79 Å². The molecule has 0 aliphatic heterocycles. The van der Waals surface area contributed by atoms with Gasteiger partial charge < -0.3 is 10.1 Å². The van der Waals surface area contributed by atoms with Gasteiger partial charge in [-0.2, -0.15) is 0 Å². The van der Waals surface area contributed by atoms with Crippen LogP contribution in [0.4, 0.5) is 0 Å². The van der Waals surface area contributed by atoms with Gasteiger partial charge in [0.25, 0.3) is 5.91 Å². The average Bonchev–Trinajstić information content (AvgIpc) is 3.09.